The molecule has 0 unspecified atom stereocenters. The third-order valence-electron chi connectivity index (χ3n) is 2.16. The summed E-state index contributed by atoms with van der Waals surface area (Å²) < 4.78 is 27.4. The predicted molar refractivity (Wildman–Crippen MR) is 58.0 cm³/mol. The molecule has 16 heavy (non-hydrogen) atoms. The third-order valence-corrected chi connectivity index (χ3v) is 3.12. The van der Waals surface area contributed by atoms with Crippen molar-refractivity contribution < 1.29 is 12.9 Å². The molecular formula is C10H10N2O3S. The zero-order valence-corrected chi connectivity index (χ0v) is 9.36. The first-order valence-corrected chi connectivity index (χ1v) is 6.07. The molecule has 1 heterocycles. The van der Waals surface area contributed by atoms with E-state index >= 15 is 0 Å². The van der Waals surface area contributed by atoms with Crippen LogP contribution in [0.2, 0.25) is 0 Å². The topological polar surface area (TPSA) is 86.2 Å². The lowest BCUT2D eigenvalue weighted by molar-refractivity contribution is 0.422. The van der Waals surface area contributed by atoms with Crippen molar-refractivity contribution in [2.75, 3.05) is 0 Å². The summed E-state index contributed by atoms with van der Waals surface area (Å²) in [5, 5.41) is 8.83. The molecule has 0 atom stereocenters. The summed E-state index contributed by atoms with van der Waals surface area (Å²) in [5.41, 5.74) is 1.83. The predicted octanol–water partition coefficient (Wildman–Crippen LogP) is 1.30. The van der Waals surface area contributed by atoms with E-state index in [9.17, 15) is 8.42 Å². The van der Waals surface area contributed by atoms with Crippen molar-refractivity contribution in [3.05, 3.63) is 36.1 Å². The Morgan fingerprint density at radius 1 is 1.31 bits per heavy atom. The highest BCUT2D eigenvalue weighted by Crippen LogP contribution is 2.26. The third kappa shape index (κ3) is 1.98. The molecule has 0 aliphatic heterocycles. The Morgan fingerprint density at radius 2 is 2.06 bits per heavy atom. The van der Waals surface area contributed by atoms with E-state index in [2.05, 4.69) is 5.16 Å². The molecule has 84 valence electrons. The van der Waals surface area contributed by atoms with Crippen LogP contribution in [0.5, 0.6) is 0 Å². The minimum atomic E-state index is -3.76. The second kappa shape index (κ2) is 3.73. The average molecular weight is 238 g/mol. The Balaban J connectivity index is 2.73. The van der Waals surface area contributed by atoms with Crippen LogP contribution in [-0.2, 0) is 10.0 Å². The Morgan fingerprint density at radius 3 is 2.62 bits per heavy atom. The maximum atomic E-state index is 11.4. The summed E-state index contributed by atoms with van der Waals surface area (Å²) in [4.78, 5) is 0.0481. The van der Waals surface area contributed by atoms with E-state index in [1.807, 2.05) is 6.92 Å². The summed E-state index contributed by atoms with van der Waals surface area (Å²) in [6.45, 7) is 1.86. The van der Waals surface area contributed by atoms with E-state index in [1.165, 1.54) is 12.3 Å². The molecule has 0 fully saturated rings. The van der Waals surface area contributed by atoms with Gasteiger partial charge in [0.1, 0.15) is 12.0 Å². The summed E-state index contributed by atoms with van der Waals surface area (Å²) in [7, 11) is -3.76. The van der Waals surface area contributed by atoms with Gasteiger partial charge in [-0.15, -0.1) is 0 Å². The monoisotopic (exact) mass is 238 g/mol. The quantitative estimate of drug-likeness (QED) is 0.854. The van der Waals surface area contributed by atoms with Crippen molar-refractivity contribution in [3.63, 3.8) is 0 Å². The maximum absolute atomic E-state index is 11.4. The molecule has 0 radical (unpaired) electrons. The van der Waals surface area contributed by atoms with E-state index in [0.717, 1.165) is 5.56 Å². The van der Waals surface area contributed by atoms with Gasteiger partial charge in [0.05, 0.1) is 4.90 Å². The molecule has 0 bridgehead atoms. The molecule has 0 amide bonds. The lowest BCUT2D eigenvalue weighted by atomic mass is 10.1. The molecular weight excluding hydrogens is 228 g/mol. The highest BCUT2D eigenvalue weighted by molar-refractivity contribution is 7.89. The molecule has 6 heteroatoms. The van der Waals surface area contributed by atoms with Gasteiger partial charge in [0.2, 0.25) is 10.0 Å². The number of hydrogen-bond acceptors (Lipinski definition) is 4. The van der Waals surface area contributed by atoms with Crippen molar-refractivity contribution in [3.8, 4) is 11.3 Å². The first-order chi connectivity index (χ1) is 7.48. The minimum absolute atomic E-state index is 0.0481. The Hall–Kier alpha value is -1.66. The van der Waals surface area contributed by atoms with E-state index < -0.39 is 10.0 Å². The van der Waals surface area contributed by atoms with Crippen molar-refractivity contribution in [2.45, 2.75) is 11.8 Å². The minimum Gasteiger partial charge on any atom is -0.364 e. The van der Waals surface area contributed by atoms with Gasteiger partial charge in [-0.1, -0.05) is 16.8 Å². The lowest BCUT2D eigenvalue weighted by Crippen LogP contribution is -2.13. The first kappa shape index (κ1) is 10.8. The zero-order valence-electron chi connectivity index (χ0n) is 8.54. The summed E-state index contributed by atoms with van der Waals surface area (Å²) in [5.74, 6) is 0. The van der Waals surface area contributed by atoms with Gasteiger partial charge >= 0.3 is 0 Å². The van der Waals surface area contributed by atoms with Crippen LogP contribution in [0.15, 0.2) is 39.9 Å². The fourth-order valence-electron chi connectivity index (χ4n) is 1.44. The van der Waals surface area contributed by atoms with Crippen LogP contribution < -0.4 is 5.14 Å². The van der Waals surface area contributed by atoms with Crippen LogP contribution >= 0.6 is 0 Å². The number of aromatic nitrogens is 1. The number of rotatable bonds is 2. The van der Waals surface area contributed by atoms with Crippen molar-refractivity contribution in [1.82, 2.24) is 5.16 Å². The van der Waals surface area contributed by atoms with E-state index in [1.54, 1.807) is 18.2 Å². The van der Waals surface area contributed by atoms with E-state index in [-0.39, 0.29) is 4.90 Å². The summed E-state index contributed by atoms with van der Waals surface area (Å²) in [6, 6.07) is 6.44. The maximum Gasteiger partial charge on any atom is 0.238 e. The molecule has 1 aromatic heterocycles. The second-order valence-electron chi connectivity index (χ2n) is 3.43. The number of sulfonamides is 1. The SMILES string of the molecule is Cc1ccc(S(N)(=O)=O)c(-c2ccon2)c1. The average Bonchev–Trinajstić information content (AvgIpc) is 2.68. The highest BCUT2D eigenvalue weighted by atomic mass is 32.2. The van der Waals surface area contributed by atoms with Crippen molar-refractivity contribution in [1.29, 1.82) is 0 Å². The molecule has 0 spiro atoms. The van der Waals surface area contributed by atoms with Crippen LogP contribution in [0.4, 0.5) is 0 Å². The van der Waals surface area contributed by atoms with Crippen LogP contribution in [0.1, 0.15) is 5.56 Å². The largest absolute Gasteiger partial charge is 0.364 e. The first-order valence-electron chi connectivity index (χ1n) is 4.53. The molecule has 5 nitrogen and oxygen atoms in total. The second-order valence-corrected chi connectivity index (χ2v) is 4.96. The van der Waals surface area contributed by atoms with Gasteiger partial charge in [0.25, 0.3) is 0 Å². The Bertz CT molecular complexity index is 603. The number of nitrogens with zero attached hydrogens (tertiary/aromatic N) is 1. The van der Waals surface area contributed by atoms with Gasteiger partial charge in [-0.05, 0) is 19.1 Å². The molecule has 0 saturated heterocycles. The molecule has 0 aliphatic carbocycles. The molecule has 0 aliphatic rings. The molecule has 0 saturated carbocycles. The van der Waals surface area contributed by atoms with Crippen LogP contribution in [-0.4, -0.2) is 13.6 Å². The number of aryl methyl sites for hydroxylation is 1. The number of nitrogens with two attached hydrogens (primary N) is 1. The fourth-order valence-corrected chi connectivity index (χ4v) is 2.17. The number of hydrogen-bond donors (Lipinski definition) is 1. The van der Waals surface area contributed by atoms with Crippen LogP contribution in [0, 0.1) is 6.92 Å². The van der Waals surface area contributed by atoms with E-state index in [0.29, 0.717) is 11.3 Å². The van der Waals surface area contributed by atoms with Gasteiger partial charge < -0.3 is 4.52 Å². The van der Waals surface area contributed by atoms with E-state index in [4.69, 9.17) is 9.66 Å². The van der Waals surface area contributed by atoms with Gasteiger partial charge in [0.15, 0.2) is 0 Å². The smallest absolute Gasteiger partial charge is 0.238 e. The number of primary sulfonamides is 1. The highest BCUT2D eigenvalue weighted by Gasteiger charge is 2.16. The summed E-state index contributed by atoms with van der Waals surface area (Å²) in [6.07, 6.45) is 1.38. The van der Waals surface area contributed by atoms with Crippen LogP contribution in [0.25, 0.3) is 11.3 Å². The Kier molecular flexibility index (Phi) is 2.53. The molecule has 2 aromatic rings. The molecule has 1 aromatic carbocycles. The van der Waals surface area contributed by atoms with Crippen molar-refractivity contribution in [2.24, 2.45) is 5.14 Å². The van der Waals surface area contributed by atoms with Crippen LogP contribution in [0.3, 0.4) is 0 Å². The van der Waals surface area contributed by atoms with Gasteiger partial charge in [-0.25, -0.2) is 13.6 Å². The van der Waals surface area contributed by atoms with Crippen molar-refractivity contribution >= 4 is 10.0 Å². The fraction of sp³-hybridized carbons (Fsp3) is 0.100. The number of benzene rings is 1. The van der Waals surface area contributed by atoms with Gasteiger partial charge in [0, 0.05) is 11.6 Å². The molecule has 2 N–H and O–H groups in total. The zero-order chi connectivity index (χ0) is 11.8. The van der Waals surface area contributed by atoms with Gasteiger partial charge in [-0.3, -0.25) is 0 Å². The normalized spacial score (nSPS) is 11.6. The summed E-state index contributed by atoms with van der Waals surface area (Å²) >= 11 is 0. The van der Waals surface area contributed by atoms with Gasteiger partial charge in [-0.2, -0.15) is 0 Å². The lowest BCUT2D eigenvalue weighted by Gasteiger charge is -2.05. The molecule has 2 rings (SSSR count). The Labute approximate surface area is 92.9 Å². The standard InChI is InChI=1S/C10H10N2O3S/c1-7-2-3-10(16(11,13)14)8(6-7)9-4-5-15-12-9/h2-6H,1H3,(H2,11,13,14).